The third-order valence-electron chi connectivity index (χ3n) is 3.62. The number of nitrogens with zero attached hydrogens (tertiary/aromatic N) is 2. The SMILES string of the molecule is NCC#Cc1cn(C2CC(O)C(COP(=O)([O-])OP(=O)([O-])OP(=O)([O-])[O-])O2)c(=O)nc1N. The maximum atomic E-state index is 12.1. The van der Waals surface area contributed by atoms with Crippen molar-refractivity contribution >= 4 is 29.3 Å². The van der Waals surface area contributed by atoms with Gasteiger partial charge in [0.1, 0.15) is 18.1 Å². The van der Waals surface area contributed by atoms with Gasteiger partial charge in [-0.15, -0.1) is 0 Å². The van der Waals surface area contributed by atoms with Crippen LogP contribution in [0.25, 0.3) is 0 Å². The van der Waals surface area contributed by atoms with Crippen LogP contribution in [0, 0.1) is 11.8 Å². The number of phosphoric acid groups is 3. The summed E-state index contributed by atoms with van der Waals surface area (Å²) < 4.78 is 50.0. The summed E-state index contributed by atoms with van der Waals surface area (Å²) in [6, 6.07) is 0. The number of hydrogen-bond donors (Lipinski definition) is 3. The zero-order chi connectivity index (χ0) is 24.3. The van der Waals surface area contributed by atoms with Crippen LogP contribution in [0.15, 0.2) is 11.0 Å². The molecule has 0 amide bonds. The average molecular weight is 516 g/mol. The van der Waals surface area contributed by atoms with Crippen molar-refractivity contribution in [3.8, 4) is 11.8 Å². The minimum atomic E-state index is -6.13. The molecule has 1 fully saturated rings. The van der Waals surface area contributed by atoms with Gasteiger partial charge in [-0.3, -0.25) is 18.0 Å². The molecule has 1 aliphatic heterocycles. The molecule has 2 rings (SSSR count). The molecule has 32 heavy (non-hydrogen) atoms. The average Bonchev–Trinajstić information content (AvgIpc) is 2.97. The van der Waals surface area contributed by atoms with Gasteiger partial charge < -0.3 is 50.0 Å². The lowest BCUT2D eigenvalue weighted by molar-refractivity contribution is -0.339. The predicted molar refractivity (Wildman–Crippen MR) is 94.3 cm³/mol. The van der Waals surface area contributed by atoms with Crippen LogP contribution >= 0.6 is 23.5 Å². The quantitative estimate of drug-likeness (QED) is 0.217. The molecule has 5 N–H and O–H groups in total. The highest BCUT2D eigenvalue weighted by Gasteiger charge is 2.37. The highest BCUT2D eigenvalue weighted by atomic mass is 31.3. The van der Waals surface area contributed by atoms with E-state index in [9.17, 15) is 43.2 Å². The van der Waals surface area contributed by atoms with E-state index in [1.807, 2.05) is 0 Å². The Morgan fingerprint density at radius 2 is 1.91 bits per heavy atom. The summed E-state index contributed by atoms with van der Waals surface area (Å²) in [4.78, 5) is 59.0. The zero-order valence-electron chi connectivity index (χ0n) is 15.7. The molecule has 1 aromatic rings. The van der Waals surface area contributed by atoms with E-state index in [0.717, 1.165) is 4.57 Å². The minimum absolute atomic E-state index is 0.00351. The zero-order valence-corrected chi connectivity index (χ0v) is 18.4. The summed E-state index contributed by atoms with van der Waals surface area (Å²) in [7, 11) is -18.0. The fourth-order valence-corrected chi connectivity index (χ4v) is 5.28. The van der Waals surface area contributed by atoms with E-state index in [4.69, 9.17) is 16.2 Å². The Kier molecular flexibility index (Phi) is 8.54. The number of aliphatic hydroxyl groups is 1. The van der Waals surface area contributed by atoms with Gasteiger partial charge >= 0.3 is 5.69 Å². The Labute approximate surface area is 179 Å². The Hall–Kier alpha value is -1.47. The van der Waals surface area contributed by atoms with Gasteiger partial charge in [0.15, 0.2) is 0 Å². The normalized spacial score (nSPS) is 24.9. The first-order chi connectivity index (χ1) is 14.6. The molecule has 0 aliphatic carbocycles. The van der Waals surface area contributed by atoms with Crippen LogP contribution in [-0.2, 0) is 31.6 Å². The van der Waals surface area contributed by atoms with Crippen LogP contribution in [0.2, 0.25) is 0 Å². The summed E-state index contributed by atoms with van der Waals surface area (Å²) >= 11 is 0. The van der Waals surface area contributed by atoms with Crippen LogP contribution in [0.5, 0.6) is 0 Å². The van der Waals surface area contributed by atoms with Crippen LogP contribution in [-0.4, -0.2) is 40.0 Å². The number of hydrogen-bond acceptors (Lipinski definition) is 16. The van der Waals surface area contributed by atoms with Crippen LogP contribution in [0.1, 0.15) is 18.2 Å². The highest BCUT2D eigenvalue weighted by molar-refractivity contribution is 7.64. The number of anilines is 1. The first kappa shape index (κ1) is 26.8. The number of aliphatic hydroxyl groups excluding tert-OH is 1. The Balaban J connectivity index is 2.08. The van der Waals surface area contributed by atoms with Crippen molar-refractivity contribution in [2.45, 2.75) is 24.9 Å². The number of nitrogens with two attached hydrogens (primary N) is 2. The van der Waals surface area contributed by atoms with Gasteiger partial charge in [-0.1, -0.05) is 11.8 Å². The lowest BCUT2D eigenvalue weighted by atomic mass is 10.2. The maximum absolute atomic E-state index is 12.1. The second-order valence-corrected chi connectivity index (χ2v) is 10.2. The van der Waals surface area contributed by atoms with Gasteiger partial charge in [-0.05, 0) is 0 Å². The Bertz CT molecular complexity index is 1110. The molecule has 0 saturated carbocycles. The molecule has 17 nitrogen and oxygen atoms in total. The van der Waals surface area contributed by atoms with E-state index in [2.05, 4.69) is 30.0 Å². The lowest BCUT2D eigenvalue weighted by Gasteiger charge is -2.37. The standard InChI is InChI=1S/C12H19N4O13P3/c13-3-1-2-7-5-16(12(18)15-11(7)14)10-4-8(17)9(27-10)6-26-31(22,23)29-32(24,25)28-30(19,20)21/h5,8-10,17H,3-4,6,13H2,(H,22,23)(H,24,25)(H2,14,15,18)(H2,19,20,21)/p-4. The molecule has 5 atom stereocenters. The van der Waals surface area contributed by atoms with Gasteiger partial charge in [0, 0.05) is 12.6 Å². The molecule has 0 radical (unpaired) electrons. The van der Waals surface area contributed by atoms with Crippen molar-refractivity contribution in [2.75, 3.05) is 18.9 Å². The monoisotopic (exact) mass is 516 g/mol. The van der Waals surface area contributed by atoms with Gasteiger partial charge in [0.25, 0.3) is 15.6 Å². The van der Waals surface area contributed by atoms with Crippen molar-refractivity contribution in [1.82, 2.24) is 9.55 Å². The van der Waals surface area contributed by atoms with Crippen molar-refractivity contribution < 1.29 is 56.3 Å². The van der Waals surface area contributed by atoms with Crippen LogP contribution in [0.4, 0.5) is 5.82 Å². The maximum Gasteiger partial charge on any atom is 0.351 e. The second kappa shape index (κ2) is 10.2. The molecule has 1 saturated heterocycles. The van der Waals surface area contributed by atoms with Crippen molar-refractivity contribution in [3.63, 3.8) is 0 Å². The number of nitrogen functional groups attached to an aromatic ring is 1. The molecular formula is C12H15N4O13P3-4. The number of aromatic nitrogens is 2. The molecule has 5 unspecified atom stereocenters. The fourth-order valence-electron chi connectivity index (χ4n) is 2.41. The third-order valence-corrected chi connectivity index (χ3v) is 7.28. The van der Waals surface area contributed by atoms with Crippen molar-refractivity contribution in [2.24, 2.45) is 5.73 Å². The number of phosphoric ester groups is 1. The fraction of sp³-hybridized carbons (Fsp3) is 0.500. The van der Waals surface area contributed by atoms with Gasteiger partial charge in [-0.2, -0.15) is 4.98 Å². The van der Waals surface area contributed by atoms with E-state index in [0.29, 0.717) is 0 Å². The van der Waals surface area contributed by atoms with Crippen molar-refractivity contribution in [3.05, 3.63) is 22.2 Å². The van der Waals surface area contributed by atoms with Crippen LogP contribution < -0.4 is 36.7 Å². The summed E-state index contributed by atoms with van der Waals surface area (Å²) in [5.74, 6) is 4.90. The Morgan fingerprint density at radius 1 is 1.25 bits per heavy atom. The minimum Gasteiger partial charge on any atom is -0.790 e. The molecule has 20 heteroatoms. The van der Waals surface area contributed by atoms with E-state index in [1.54, 1.807) is 0 Å². The van der Waals surface area contributed by atoms with Gasteiger partial charge in [0.05, 0.1) is 32.6 Å². The highest BCUT2D eigenvalue weighted by Crippen LogP contribution is 2.60. The molecular weight excluding hydrogens is 501 g/mol. The predicted octanol–water partition coefficient (Wildman–Crippen LogP) is -4.40. The van der Waals surface area contributed by atoms with Crippen LogP contribution in [0.3, 0.4) is 0 Å². The first-order valence-corrected chi connectivity index (χ1v) is 12.6. The number of ether oxygens (including phenoxy) is 1. The topological polar surface area (TPSA) is 288 Å². The van der Waals surface area contributed by atoms with E-state index >= 15 is 0 Å². The Morgan fingerprint density at radius 3 is 2.50 bits per heavy atom. The van der Waals surface area contributed by atoms with Gasteiger partial charge in [0.2, 0.25) is 0 Å². The van der Waals surface area contributed by atoms with E-state index < -0.39 is 54.2 Å². The van der Waals surface area contributed by atoms with Gasteiger partial charge in [-0.25, -0.2) is 9.11 Å². The summed E-state index contributed by atoms with van der Waals surface area (Å²) in [5, 5.41) is 10.1. The van der Waals surface area contributed by atoms with E-state index in [1.165, 1.54) is 6.20 Å². The first-order valence-electron chi connectivity index (χ1n) is 8.25. The molecule has 180 valence electrons. The molecule has 1 aromatic heterocycles. The lowest BCUT2D eigenvalue weighted by Crippen LogP contribution is -2.29. The van der Waals surface area contributed by atoms with Crippen molar-refractivity contribution in [1.29, 1.82) is 0 Å². The molecule has 2 heterocycles. The smallest absolute Gasteiger partial charge is 0.351 e. The molecule has 0 bridgehead atoms. The number of rotatable bonds is 8. The molecule has 0 aromatic carbocycles. The molecule has 1 aliphatic rings. The summed E-state index contributed by atoms with van der Waals surface area (Å²) in [6.45, 7) is -1.02. The third kappa shape index (κ3) is 7.84. The summed E-state index contributed by atoms with van der Waals surface area (Å²) in [6.07, 6.45) is -3.03. The summed E-state index contributed by atoms with van der Waals surface area (Å²) in [5.41, 5.74) is 10.1. The second-order valence-electron chi connectivity index (χ2n) is 5.97. The molecule has 0 spiro atoms. The largest absolute Gasteiger partial charge is 0.790 e. The van der Waals surface area contributed by atoms with E-state index in [-0.39, 0.29) is 24.3 Å².